The van der Waals surface area contributed by atoms with E-state index in [-0.39, 0.29) is 6.42 Å². The Balaban J connectivity index is 1.77. The molecular formula is C18H18F3N3O4. The number of benzene rings is 1. The molecule has 7 nitrogen and oxygen atoms in total. The molecular weight excluding hydrogens is 379 g/mol. The molecule has 0 bridgehead atoms. The Bertz CT molecular complexity index is 864. The van der Waals surface area contributed by atoms with Crippen molar-refractivity contribution in [2.45, 2.75) is 44.1 Å². The van der Waals surface area contributed by atoms with Gasteiger partial charge in [-0.2, -0.15) is 13.2 Å². The third kappa shape index (κ3) is 3.35. The van der Waals surface area contributed by atoms with Gasteiger partial charge in [0.1, 0.15) is 17.8 Å². The first-order chi connectivity index (χ1) is 13.0. The highest BCUT2D eigenvalue weighted by molar-refractivity contribution is 6.02. The Kier molecular flexibility index (Phi) is 4.92. The topological polar surface area (TPSA) is 113 Å². The average Bonchev–Trinajstić information content (AvgIpc) is 2.63. The molecule has 28 heavy (non-hydrogen) atoms. The molecule has 0 spiro atoms. The maximum absolute atomic E-state index is 13.1. The highest BCUT2D eigenvalue weighted by Crippen LogP contribution is 2.42. The molecule has 1 fully saturated rings. The predicted molar refractivity (Wildman–Crippen MR) is 90.6 cm³/mol. The van der Waals surface area contributed by atoms with Crippen molar-refractivity contribution in [2.75, 3.05) is 0 Å². The van der Waals surface area contributed by atoms with Gasteiger partial charge in [0.25, 0.3) is 5.91 Å². The molecule has 3 atom stereocenters. The number of aryl methyl sites for hydroxylation is 1. The van der Waals surface area contributed by atoms with Gasteiger partial charge in [0.05, 0.1) is 11.6 Å². The minimum absolute atomic E-state index is 0.109. The zero-order valence-electron chi connectivity index (χ0n) is 14.8. The molecule has 0 aliphatic carbocycles. The summed E-state index contributed by atoms with van der Waals surface area (Å²) in [6.07, 6.45) is -5.50. The molecule has 1 aromatic carbocycles. The molecule has 0 unspecified atom stereocenters. The van der Waals surface area contributed by atoms with Gasteiger partial charge in [-0.05, 0) is 25.3 Å². The molecule has 2 aliphatic heterocycles. The number of fused-ring (bicyclic) bond motifs is 1. The van der Waals surface area contributed by atoms with E-state index in [1.54, 1.807) is 24.3 Å². The lowest BCUT2D eigenvalue weighted by atomic mass is 9.83. The normalized spacial score (nSPS) is 23.0. The number of nitrogens with two attached hydrogens (primary N) is 1. The van der Waals surface area contributed by atoms with E-state index in [0.717, 1.165) is 5.56 Å². The number of amides is 2. The van der Waals surface area contributed by atoms with Crippen LogP contribution in [0, 0.1) is 6.92 Å². The number of β-lactam (4-membered cyclic amide) rings is 1. The van der Waals surface area contributed by atoms with Crippen LogP contribution in [0.4, 0.5) is 13.2 Å². The molecule has 2 aliphatic rings. The van der Waals surface area contributed by atoms with Gasteiger partial charge in [0.2, 0.25) is 5.91 Å². The van der Waals surface area contributed by atoms with Crippen LogP contribution in [-0.2, 0) is 14.4 Å². The first-order valence-corrected chi connectivity index (χ1v) is 8.51. The van der Waals surface area contributed by atoms with E-state index in [9.17, 15) is 32.7 Å². The molecule has 1 aromatic rings. The number of nitrogens with zero attached hydrogens (tertiary/aromatic N) is 1. The summed E-state index contributed by atoms with van der Waals surface area (Å²) in [5.74, 6) is -3.39. The van der Waals surface area contributed by atoms with Crippen LogP contribution < -0.4 is 11.1 Å². The van der Waals surface area contributed by atoms with Gasteiger partial charge >= 0.3 is 12.1 Å². The minimum atomic E-state index is -4.85. The molecule has 2 heterocycles. The van der Waals surface area contributed by atoms with Gasteiger partial charge in [-0.15, -0.1) is 0 Å². The summed E-state index contributed by atoms with van der Waals surface area (Å²) in [4.78, 5) is 36.6. The summed E-state index contributed by atoms with van der Waals surface area (Å²) in [7, 11) is 0. The van der Waals surface area contributed by atoms with Gasteiger partial charge in [-0.3, -0.25) is 14.5 Å². The lowest BCUT2D eigenvalue weighted by Gasteiger charge is -2.50. The van der Waals surface area contributed by atoms with E-state index in [1.165, 1.54) is 0 Å². The highest BCUT2D eigenvalue weighted by atomic mass is 19.4. The standard InChI is InChI=1S/C18H18F3N3O4/c1-8-2-4-9(5-3-8)12(22)15(25)23-13-11-7-6-10(18(19,20)21)14(17(27)28)24(11)16(13)26/h2-5,11-13H,6-7,22H2,1H3,(H,23,25)(H,27,28)/t11-,12-,13+/m1/s1. The number of carboxylic acid groups (broad SMARTS) is 1. The monoisotopic (exact) mass is 397 g/mol. The van der Waals surface area contributed by atoms with Gasteiger partial charge < -0.3 is 16.2 Å². The fourth-order valence-electron chi connectivity index (χ4n) is 3.51. The zero-order valence-corrected chi connectivity index (χ0v) is 14.8. The van der Waals surface area contributed by atoms with Crippen molar-refractivity contribution >= 4 is 17.8 Å². The van der Waals surface area contributed by atoms with Crippen molar-refractivity contribution in [1.82, 2.24) is 10.2 Å². The Hall–Kier alpha value is -2.88. The molecule has 4 N–H and O–H groups in total. The maximum atomic E-state index is 13.1. The number of carbonyl (C=O) groups excluding carboxylic acids is 2. The van der Waals surface area contributed by atoms with Gasteiger partial charge in [0.15, 0.2) is 0 Å². The van der Waals surface area contributed by atoms with Crippen LogP contribution in [0.15, 0.2) is 35.5 Å². The van der Waals surface area contributed by atoms with Crippen LogP contribution >= 0.6 is 0 Å². The number of halogens is 3. The molecule has 1 saturated heterocycles. The lowest BCUT2D eigenvalue weighted by molar-refractivity contribution is -0.159. The molecule has 3 rings (SSSR count). The van der Waals surface area contributed by atoms with Crippen LogP contribution in [0.2, 0.25) is 0 Å². The SMILES string of the molecule is Cc1ccc([C@@H](N)C(=O)N[C@@H]2C(=O)N3C(C(=O)O)=C(C(F)(F)F)CC[C@H]23)cc1. The second-order valence-corrected chi connectivity index (χ2v) is 6.82. The van der Waals surface area contributed by atoms with Crippen LogP contribution in [0.5, 0.6) is 0 Å². The number of allylic oxidation sites excluding steroid dienone is 1. The molecule has 150 valence electrons. The Morgan fingerprint density at radius 1 is 1.29 bits per heavy atom. The molecule has 0 radical (unpaired) electrons. The van der Waals surface area contributed by atoms with E-state index in [1.807, 2.05) is 6.92 Å². The first kappa shape index (κ1) is 19.9. The van der Waals surface area contributed by atoms with Crippen molar-refractivity contribution in [3.05, 3.63) is 46.7 Å². The number of carbonyl (C=O) groups is 3. The van der Waals surface area contributed by atoms with E-state index >= 15 is 0 Å². The fraction of sp³-hybridized carbons (Fsp3) is 0.389. The number of carboxylic acids is 1. The first-order valence-electron chi connectivity index (χ1n) is 8.51. The van der Waals surface area contributed by atoms with Gasteiger partial charge in [0, 0.05) is 0 Å². The summed E-state index contributed by atoms with van der Waals surface area (Å²) in [6, 6.07) is 3.84. The number of hydrogen-bond donors (Lipinski definition) is 3. The van der Waals surface area contributed by atoms with Crippen LogP contribution in [-0.4, -0.2) is 46.1 Å². The van der Waals surface area contributed by atoms with Crippen LogP contribution in [0.3, 0.4) is 0 Å². The summed E-state index contributed by atoms with van der Waals surface area (Å²) < 4.78 is 39.3. The predicted octanol–water partition coefficient (Wildman–Crippen LogP) is 1.39. The Labute approximate surface area is 158 Å². The van der Waals surface area contributed by atoms with E-state index in [4.69, 9.17) is 5.73 Å². The molecule has 0 saturated carbocycles. The van der Waals surface area contributed by atoms with Crippen LogP contribution in [0.1, 0.15) is 30.0 Å². The smallest absolute Gasteiger partial charge is 0.414 e. The average molecular weight is 397 g/mol. The fourth-order valence-corrected chi connectivity index (χ4v) is 3.51. The third-order valence-corrected chi connectivity index (χ3v) is 5.00. The maximum Gasteiger partial charge on any atom is 0.414 e. The van der Waals surface area contributed by atoms with Crippen molar-refractivity contribution < 1.29 is 32.7 Å². The Morgan fingerprint density at radius 3 is 2.43 bits per heavy atom. The molecule has 10 heteroatoms. The van der Waals surface area contributed by atoms with Gasteiger partial charge in [-0.1, -0.05) is 29.8 Å². The van der Waals surface area contributed by atoms with Crippen molar-refractivity contribution in [2.24, 2.45) is 5.73 Å². The van der Waals surface area contributed by atoms with Gasteiger partial charge in [-0.25, -0.2) is 4.79 Å². The number of rotatable bonds is 4. The van der Waals surface area contributed by atoms with Crippen molar-refractivity contribution in [3.8, 4) is 0 Å². The van der Waals surface area contributed by atoms with Crippen molar-refractivity contribution in [1.29, 1.82) is 0 Å². The number of aliphatic carboxylic acids is 1. The summed E-state index contributed by atoms with van der Waals surface area (Å²) in [5, 5.41) is 11.6. The molecule has 2 amide bonds. The summed E-state index contributed by atoms with van der Waals surface area (Å²) in [6.45, 7) is 1.86. The summed E-state index contributed by atoms with van der Waals surface area (Å²) in [5.41, 5.74) is 5.07. The Morgan fingerprint density at radius 2 is 1.89 bits per heavy atom. The van der Waals surface area contributed by atoms with E-state index < -0.39 is 59.8 Å². The highest BCUT2D eigenvalue weighted by Gasteiger charge is 2.56. The molecule has 0 aromatic heterocycles. The quantitative estimate of drug-likeness (QED) is 0.665. The van der Waals surface area contributed by atoms with E-state index in [0.29, 0.717) is 10.5 Å². The van der Waals surface area contributed by atoms with E-state index in [2.05, 4.69) is 5.32 Å². The largest absolute Gasteiger partial charge is 0.477 e. The lowest BCUT2D eigenvalue weighted by Crippen LogP contribution is -2.72. The van der Waals surface area contributed by atoms with Crippen molar-refractivity contribution in [3.63, 3.8) is 0 Å². The number of alkyl halides is 3. The summed E-state index contributed by atoms with van der Waals surface area (Å²) >= 11 is 0. The van der Waals surface area contributed by atoms with Crippen LogP contribution in [0.25, 0.3) is 0 Å². The third-order valence-electron chi connectivity index (χ3n) is 5.00. The minimum Gasteiger partial charge on any atom is -0.477 e. The number of hydrogen-bond acceptors (Lipinski definition) is 4. The second-order valence-electron chi connectivity index (χ2n) is 6.82. The zero-order chi connectivity index (χ0) is 20.8. The second kappa shape index (κ2) is 6.93. The number of nitrogens with one attached hydrogen (secondary N) is 1.